The quantitative estimate of drug-likeness (QED) is 0.882. The number of nitrogens with one attached hydrogen (secondary N) is 1. The molecule has 1 fully saturated rings. The number of benzene rings is 1. The van der Waals surface area contributed by atoms with Gasteiger partial charge in [-0.15, -0.1) is 0 Å². The summed E-state index contributed by atoms with van der Waals surface area (Å²) in [5, 5.41) is 3.66. The van der Waals surface area contributed by atoms with Crippen molar-refractivity contribution in [3.8, 4) is 0 Å². The number of ether oxygens (including phenoxy) is 1. The summed E-state index contributed by atoms with van der Waals surface area (Å²) in [4.78, 5) is 4.52. The molecule has 0 bridgehead atoms. The first-order valence-electron chi connectivity index (χ1n) is 7.57. The average molecular weight is 282 g/mol. The molecule has 3 nitrogen and oxygen atoms in total. The first-order valence-corrected chi connectivity index (χ1v) is 7.57. The van der Waals surface area contributed by atoms with E-state index in [0.717, 1.165) is 25.1 Å². The minimum atomic E-state index is 0.0157. The van der Waals surface area contributed by atoms with Gasteiger partial charge < -0.3 is 10.1 Å². The molecule has 1 heterocycles. The topological polar surface area (TPSA) is 34.1 Å². The molecule has 1 aliphatic carbocycles. The summed E-state index contributed by atoms with van der Waals surface area (Å²) in [6, 6.07) is 16.7. The lowest BCUT2D eigenvalue weighted by atomic mass is 9.79. The molecule has 0 aliphatic heterocycles. The number of hydrogen-bond acceptors (Lipinski definition) is 3. The van der Waals surface area contributed by atoms with Crippen LogP contribution in [0.3, 0.4) is 0 Å². The molecular formula is C18H22N2O. The largest absolute Gasteiger partial charge is 0.377 e. The molecule has 0 spiro atoms. The van der Waals surface area contributed by atoms with E-state index in [4.69, 9.17) is 4.74 Å². The highest BCUT2D eigenvalue weighted by molar-refractivity contribution is 5.27. The average Bonchev–Trinajstić information content (AvgIpc) is 2.52. The van der Waals surface area contributed by atoms with Crippen molar-refractivity contribution in [2.24, 2.45) is 0 Å². The first-order chi connectivity index (χ1) is 10.3. The lowest BCUT2D eigenvalue weighted by molar-refractivity contribution is -0.0703. The molecule has 1 unspecified atom stereocenters. The highest BCUT2D eigenvalue weighted by Crippen LogP contribution is 2.35. The van der Waals surface area contributed by atoms with E-state index in [-0.39, 0.29) is 11.6 Å². The van der Waals surface area contributed by atoms with Crippen molar-refractivity contribution in [3.63, 3.8) is 0 Å². The van der Waals surface area contributed by atoms with Gasteiger partial charge in [0.25, 0.3) is 0 Å². The molecular weight excluding hydrogens is 260 g/mol. The first kappa shape index (κ1) is 14.2. The summed E-state index contributed by atoms with van der Waals surface area (Å²) >= 11 is 0. The van der Waals surface area contributed by atoms with Gasteiger partial charge in [-0.25, -0.2) is 0 Å². The Bertz CT molecular complexity index is 507. The van der Waals surface area contributed by atoms with Crippen molar-refractivity contribution >= 4 is 0 Å². The van der Waals surface area contributed by atoms with Crippen LogP contribution in [-0.4, -0.2) is 24.2 Å². The zero-order valence-corrected chi connectivity index (χ0v) is 12.5. The Hall–Kier alpha value is -1.71. The molecule has 0 radical (unpaired) electrons. The fourth-order valence-electron chi connectivity index (χ4n) is 2.90. The van der Waals surface area contributed by atoms with Crippen LogP contribution in [0.25, 0.3) is 0 Å². The molecule has 3 rings (SSSR count). The predicted molar refractivity (Wildman–Crippen MR) is 84.1 cm³/mol. The summed E-state index contributed by atoms with van der Waals surface area (Å²) in [6.07, 6.45) is 5.39. The molecule has 1 atom stereocenters. The van der Waals surface area contributed by atoms with E-state index in [2.05, 4.69) is 40.6 Å². The minimum absolute atomic E-state index is 0.0157. The number of methoxy groups -OCH3 is 1. The second-order valence-corrected chi connectivity index (χ2v) is 5.72. The summed E-state index contributed by atoms with van der Waals surface area (Å²) in [5.74, 6) is 0. The van der Waals surface area contributed by atoms with E-state index >= 15 is 0 Å². The van der Waals surface area contributed by atoms with Gasteiger partial charge in [-0.05, 0) is 37.0 Å². The van der Waals surface area contributed by atoms with Gasteiger partial charge in [0.1, 0.15) is 0 Å². The maximum atomic E-state index is 5.71. The van der Waals surface area contributed by atoms with E-state index in [0.29, 0.717) is 0 Å². The summed E-state index contributed by atoms with van der Waals surface area (Å²) in [6.45, 7) is 0.861. The summed E-state index contributed by atoms with van der Waals surface area (Å²) < 4.78 is 5.71. The lowest BCUT2D eigenvalue weighted by Crippen LogP contribution is -2.48. The minimum Gasteiger partial charge on any atom is -0.377 e. The highest BCUT2D eigenvalue weighted by atomic mass is 16.5. The molecule has 1 aromatic carbocycles. The number of pyridine rings is 1. The standard InChI is InChI=1S/C18H22N2O/c1-21-18(11-7-12-18)14-20-17(15-8-3-2-4-9-15)16-10-5-6-13-19-16/h2-6,8-10,13,17,20H,7,11-12,14H2,1H3. The van der Waals surface area contributed by atoms with Gasteiger partial charge in [-0.1, -0.05) is 36.4 Å². The van der Waals surface area contributed by atoms with Gasteiger partial charge in [-0.3, -0.25) is 4.98 Å². The second kappa shape index (κ2) is 6.37. The predicted octanol–water partition coefficient (Wildman–Crippen LogP) is 3.33. The van der Waals surface area contributed by atoms with Crippen LogP contribution in [0.4, 0.5) is 0 Å². The van der Waals surface area contributed by atoms with Crippen molar-refractivity contribution in [1.29, 1.82) is 0 Å². The third-order valence-corrected chi connectivity index (χ3v) is 4.44. The van der Waals surface area contributed by atoms with Crippen LogP contribution in [0.2, 0.25) is 0 Å². The van der Waals surface area contributed by atoms with Crippen LogP contribution in [0.5, 0.6) is 0 Å². The van der Waals surface area contributed by atoms with E-state index in [9.17, 15) is 0 Å². The Labute approximate surface area is 126 Å². The summed E-state index contributed by atoms with van der Waals surface area (Å²) in [7, 11) is 1.82. The Morgan fingerprint density at radius 1 is 1.14 bits per heavy atom. The monoisotopic (exact) mass is 282 g/mol. The van der Waals surface area contributed by atoms with E-state index in [1.165, 1.54) is 12.0 Å². The maximum Gasteiger partial charge on any atom is 0.0802 e. The van der Waals surface area contributed by atoms with Crippen molar-refractivity contribution in [2.45, 2.75) is 30.9 Å². The number of rotatable bonds is 6. The van der Waals surface area contributed by atoms with Crippen LogP contribution >= 0.6 is 0 Å². The normalized spacial score (nSPS) is 18.0. The Morgan fingerprint density at radius 2 is 1.90 bits per heavy atom. The SMILES string of the molecule is COC1(CNC(c2ccccc2)c2ccccn2)CCC1. The van der Waals surface area contributed by atoms with E-state index < -0.39 is 0 Å². The Balaban J connectivity index is 1.80. The fourth-order valence-corrected chi connectivity index (χ4v) is 2.90. The van der Waals surface area contributed by atoms with Gasteiger partial charge in [0.15, 0.2) is 0 Å². The second-order valence-electron chi connectivity index (χ2n) is 5.72. The zero-order chi connectivity index (χ0) is 14.5. The van der Waals surface area contributed by atoms with Crippen LogP contribution in [0.1, 0.15) is 36.6 Å². The van der Waals surface area contributed by atoms with Gasteiger partial charge in [-0.2, -0.15) is 0 Å². The fraction of sp³-hybridized carbons (Fsp3) is 0.389. The zero-order valence-electron chi connectivity index (χ0n) is 12.5. The van der Waals surface area contributed by atoms with Crippen LogP contribution in [0.15, 0.2) is 54.7 Å². The van der Waals surface area contributed by atoms with Gasteiger partial charge in [0, 0.05) is 19.9 Å². The lowest BCUT2D eigenvalue weighted by Gasteiger charge is -2.41. The van der Waals surface area contributed by atoms with Crippen molar-refractivity contribution in [1.82, 2.24) is 10.3 Å². The Kier molecular flexibility index (Phi) is 4.32. The molecule has 110 valence electrons. The number of hydrogen-bond donors (Lipinski definition) is 1. The van der Waals surface area contributed by atoms with Crippen molar-refractivity contribution in [2.75, 3.05) is 13.7 Å². The van der Waals surface area contributed by atoms with Crippen molar-refractivity contribution in [3.05, 3.63) is 66.0 Å². The van der Waals surface area contributed by atoms with E-state index in [1.54, 1.807) is 0 Å². The van der Waals surface area contributed by atoms with Gasteiger partial charge in [0.2, 0.25) is 0 Å². The molecule has 2 aromatic rings. The summed E-state index contributed by atoms with van der Waals surface area (Å²) in [5.41, 5.74) is 2.30. The van der Waals surface area contributed by atoms with Crippen molar-refractivity contribution < 1.29 is 4.74 Å². The molecule has 1 N–H and O–H groups in total. The molecule has 0 amide bonds. The molecule has 1 aliphatic rings. The molecule has 1 saturated carbocycles. The number of aromatic nitrogens is 1. The maximum absolute atomic E-state index is 5.71. The van der Waals surface area contributed by atoms with E-state index in [1.807, 2.05) is 31.5 Å². The third-order valence-electron chi connectivity index (χ3n) is 4.44. The van der Waals surface area contributed by atoms with Crippen LogP contribution in [0, 0.1) is 0 Å². The molecule has 21 heavy (non-hydrogen) atoms. The van der Waals surface area contributed by atoms with Crippen LogP contribution in [-0.2, 0) is 4.74 Å². The highest BCUT2D eigenvalue weighted by Gasteiger charge is 2.37. The van der Waals surface area contributed by atoms with Gasteiger partial charge in [0.05, 0.1) is 17.3 Å². The molecule has 0 saturated heterocycles. The Morgan fingerprint density at radius 3 is 2.48 bits per heavy atom. The van der Waals surface area contributed by atoms with Crippen LogP contribution < -0.4 is 5.32 Å². The number of nitrogens with zero attached hydrogens (tertiary/aromatic N) is 1. The molecule has 1 aromatic heterocycles. The smallest absolute Gasteiger partial charge is 0.0802 e. The third kappa shape index (κ3) is 3.14. The molecule has 3 heteroatoms. The van der Waals surface area contributed by atoms with Gasteiger partial charge >= 0.3 is 0 Å².